The molecule has 0 aliphatic rings. The normalized spacial score (nSPS) is 11.3. The molecule has 124 valence electrons. The van der Waals surface area contributed by atoms with Crippen LogP contribution in [0.4, 0.5) is 0 Å². The molecule has 1 aromatic heterocycles. The van der Waals surface area contributed by atoms with E-state index in [-0.39, 0.29) is 0 Å². The Kier molecular flexibility index (Phi) is 3.39. The molecule has 0 radical (unpaired) electrons. The SMILES string of the molecule is Cc1ccc(-c2cccc3c2[nH]c2c(-c4ccccc4)cccc23)cc1. The summed E-state index contributed by atoms with van der Waals surface area (Å²) in [5, 5.41) is 2.55. The number of aromatic nitrogens is 1. The lowest BCUT2D eigenvalue weighted by Crippen LogP contribution is -1.81. The average Bonchev–Trinajstić information content (AvgIpc) is 3.08. The minimum Gasteiger partial charge on any atom is -0.353 e. The van der Waals surface area contributed by atoms with Crippen LogP contribution in [0.5, 0.6) is 0 Å². The summed E-state index contributed by atoms with van der Waals surface area (Å²) in [6.45, 7) is 2.12. The van der Waals surface area contributed by atoms with Gasteiger partial charge in [-0.3, -0.25) is 0 Å². The predicted octanol–water partition coefficient (Wildman–Crippen LogP) is 6.96. The average molecular weight is 333 g/mol. The smallest absolute Gasteiger partial charge is 0.0544 e. The second kappa shape index (κ2) is 5.89. The van der Waals surface area contributed by atoms with Gasteiger partial charge in [0.25, 0.3) is 0 Å². The molecule has 26 heavy (non-hydrogen) atoms. The highest BCUT2D eigenvalue weighted by atomic mass is 14.7. The molecule has 0 unspecified atom stereocenters. The predicted molar refractivity (Wildman–Crippen MR) is 111 cm³/mol. The monoisotopic (exact) mass is 333 g/mol. The van der Waals surface area contributed by atoms with Gasteiger partial charge in [-0.1, -0.05) is 96.6 Å². The number of H-pyrrole nitrogens is 1. The van der Waals surface area contributed by atoms with E-state index in [0.29, 0.717) is 0 Å². The summed E-state index contributed by atoms with van der Waals surface area (Å²) in [5.41, 5.74) is 8.66. The molecule has 1 nitrogen and oxygen atoms in total. The molecule has 0 saturated heterocycles. The molecule has 0 fully saturated rings. The standard InChI is InChI=1S/C25H19N/c1-17-13-15-19(16-14-17)21-10-6-12-23-22-11-5-9-20(24(22)26-25(21)23)18-7-3-2-4-8-18/h2-16,26H,1H3. The maximum Gasteiger partial charge on any atom is 0.0544 e. The Morgan fingerprint density at radius 1 is 0.500 bits per heavy atom. The van der Waals surface area contributed by atoms with Crippen molar-refractivity contribution >= 4 is 21.8 Å². The van der Waals surface area contributed by atoms with E-state index in [1.807, 2.05) is 0 Å². The fraction of sp³-hybridized carbons (Fsp3) is 0.0400. The van der Waals surface area contributed by atoms with Crippen LogP contribution in [-0.2, 0) is 0 Å². The van der Waals surface area contributed by atoms with Crippen molar-refractivity contribution in [2.75, 3.05) is 0 Å². The third-order valence-corrected chi connectivity index (χ3v) is 5.12. The van der Waals surface area contributed by atoms with Crippen LogP contribution in [0.25, 0.3) is 44.1 Å². The Bertz CT molecular complexity index is 1210. The molecule has 0 amide bonds. The van der Waals surface area contributed by atoms with Gasteiger partial charge in [-0.2, -0.15) is 0 Å². The Balaban J connectivity index is 1.82. The lowest BCUT2D eigenvalue weighted by molar-refractivity contribution is 1.47. The van der Waals surface area contributed by atoms with Crippen LogP contribution in [0.1, 0.15) is 5.56 Å². The fourth-order valence-electron chi connectivity index (χ4n) is 3.78. The first-order chi connectivity index (χ1) is 12.8. The third-order valence-electron chi connectivity index (χ3n) is 5.12. The van der Waals surface area contributed by atoms with Crippen molar-refractivity contribution < 1.29 is 0 Å². The van der Waals surface area contributed by atoms with Crippen LogP contribution in [0.15, 0.2) is 91.0 Å². The van der Waals surface area contributed by atoms with E-state index in [2.05, 4.69) is 103 Å². The van der Waals surface area contributed by atoms with Gasteiger partial charge in [-0.15, -0.1) is 0 Å². The van der Waals surface area contributed by atoms with Gasteiger partial charge in [0, 0.05) is 21.9 Å². The Morgan fingerprint density at radius 2 is 1.04 bits per heavy atom. The van der Waals surface area contributed by atoms with Crippen LogP contribution < -0.4 is 0 Å². The number of hydrogen-bond donors (Lipinski definition) is 1. The van der Waals surface area contributed by atoms with Crippen molar-refractivity contribution in [2.45, 2.75) is 6.92 Å². The van der Waals surface area contributed by atoms with Crippen molar-refractivity contribution in [1.82, 2.24) is 4.98 Å². The summed E-state index contributed by atoms with van der Waals surface area (Å²) in [7, 11) is 0. The summed E-state index contributed by atoms with van der Waals surface area (Å²) in [6.07, 6.45) is 0. The summed E-state index contributed by atoms with van der Waals surface area (Å²) >= 11 is 0. The van der Waals surface area contributed by atoms with Gasteiger partial charge < -0.3 is 4.98 Å². The van der Waals surface area contributed by atoms with Gasteiger partial charge in [-0.25, -0.2) is 0 Å². The summed E-state index contributed by atoms with van der Waals surface area (Å²) in [4.78, 5) is 3.73. The molecule has 0 saturated carbocycles. The van der Waals surface area contributed by atoms with E-state index in [4.69, 9.17) is 0 Å². The van der Waals surface area contributed by atoms with E-state index in [9.17, 15) is 0 Å². The minimum absolute atomic E-state index is 1.20. The number of para-hydroxylation sites is 2. The van der Waals surface area contributed by atoms with E-state index >= 15 is 0 Å². The number of benzene rings is 4. The van der Waals surface area contributed by atoms with Gasteiger partial charge in [0.05, 0.1) is 11.0 Å². The topological polar surface area (TPSA) is 15.8 Å². The molecular formula is C25H19N. The van der Waals surface area contributed by atoms with Crippen molar-refractivity contribution in [3.8, 4) is 22.3 Å². The highest BCUT2D eigenvalue weighted by Crippen LogP contribution is 2.37. The van der Waals surface area contributed by atoms with E-state index in [0.717, 1.165) is 0 Å². The van der Waals surface area contributed by atoms with Crippen LogP contribution in [0.2, 0.25) is 0 Å². The first-order valence-corrected chi connectivity index (χ1v) is 8.97. The van der Waals surface area contributed by atoms with Crippen LogP contribution in [0, 0.1) is 6.92 Å². The van der Waals surface area contributed by atoms with Crippen molar-refractivity contribution in [3.63, 3.8) is 0 Å². The summed E-state index contributed by atoms with van der Waals surface area (Å²) in [5.74, 6) is 0. The van der Waals surface area contributed by atoms with E-state index in [1.165, 1.54) is 49.6 Å². The van der Waals surface area contributed by atoms with Gasteiger partial charge >= 0.3 is 0 Å². The highest BCUT2D eigenvalue weighted by Gasteiger charge is 2.12. The molecule has 0 atom stereocenters. The number of fused-ring (bicyclic) bond motifs is 3. The van der Waals surface area contributed by atoms with Gasteiger partial charge in [0.15, 0.2) is 0 Å². The van der Waals surface area contributed by atoms with Crippen molar-refractivity contribution in [1.29, 1.82) is 0 Å². The number of hydrogen-bond acceptors (Lipinski definition) is 0. The van der Waals surface area contributed by atoms with Crippen LogP contribution >= 0.6 is 0 Å². The maximum atomic E-state index is 3.73. The van der Waals surface area contributed by atoms with Crippen molar-refractivity contribution in [2.24, 2.45) is 0 Å². The van der Waals surface area contributed by atoms with E-state index in [1.54, 1.807) is 0 Å². The summed E-state index contributed by atoms with van der Waals surface area (Å²) in [6, 6.07) is 32.4. The molecule has 1 heteroatoms. The van der Waals surface area contributed by atoms with Gasteiger partial charge in [-0.05, 0) is 18.1 Å². The largest absolute Gasteiger partial charge is 0.353 e. The van der Waals surface area contributed by atoms with Gasteiger partial charge in [0.1, 0.15) is 0 Å². The quantitative estimate of drug-likeness (QED) is 0.359. The lowest BCUT2D eigenvalue weighted by atomic mass is 10.00. The summed E-state index contributed by atoms with van der Waals surface area (Å²) < 4.78 is 0. The molecule has 0 aliphatic heterocycles. The van der Waals surface area contributed by atoms with Crippen LogP contribution in [0.3, 0.4) is 0 Å². The molecule has 5 rings (SSSR count). The molecule has 0 bridgehead atoms. The number of aromatic amines is 1. The first kappa shape index (κ1) is 15.0. The first-order valence-electron chi connectivity index (χ1n) is 8.97. The Hall–Kier alpha value is -3.32. The lowest BCUT2D eigenvalue weighted by Gasteiger charge is -2.04. The second-order valence-electron chi connectivity index (χ2n) is 6.81. The zero-order valence-corrected chi connectivity index (χ0v) is 14.7. The molecular weight excluding hydrogens is 314 g/mol. The Labute approximate surface area is 152 Å². The number of rotatable bonds is 2. The number of aryl methyl sites for hydroxylation is 1. The minimum atomic E-state index is 1.20. The zero-order chi connectivity index (χ0) is 17.5. The molecule has 4 aromatic carbocycles. The maximum absolute atomic E-state index is 3.73. The molecule has 5 aromatic rings. The fourth-order valence-corrected chi connectivity index (χ4v) is 3.78. The van der Waals surface area contributed by atoms with Gasteiger partial charge in [0.2, 0.25) is 0 Å². The van der Waals surface area contributed by atoms with Crippen LogP contribution in [-0.4, -0.2) is 4.98 Å². The van der Waals surface area contributed by atoms with E-state index < -0.39 is 0 Å². The highest BCUT2D eigenvalue weighted by molar-refractivity contribution is 6.15. The molecule has 1 N–H and O–H groups in total. The molecule has 0 spiro atoms. The molecule has 0 aliphatic carbocycles. The number of nitrogens with one attached hydrogen (secondary N) is 1. The zero-order valence-electron chi connectivity index (χ0n) is 14.7. The third kappa shape index (κ3) is 2.33. The molecule has 1 heterocycles. The Morgan fingerprint density at radius 3 is 1.62 bits per heavy atom. The second-order valence-corrected chi connectivity index (χ2v) is 6.81. The van der Waals surface area contributed by atoms with Crippen molar-refractivity contribution in [3.05, 3.63) is 96.6 Å².